The van der Waals surface area contributed by atoms with Crippen molar-refractivity contribution in [1.82, 2.24) is 20.0 Å². The fraction of sp³-hybridized carbons (Fsp3) is 0.550. The molecular weight excluding hydrogens is 364 g/mol. The second kappa shape index (κ2) is 7.18. The minimum atomic E-state index is -0.829. The molecule has 8 heteroatoms. The van der Waals surface area contributed by atoms with E-state index in [2.05, 4.69) is 15.3 Å². The fourth-order valence-corrected chi connectivity index (χ4v) is 4.31. The zero-order chi connectivity index (χ0) is 20.1. The van der Waals surface area contributed by atoms with Crippen LogP contribution in [0, 0.1) is 11.6 Å². The quantitative estimate of drug-likeness (QED) is 0.739. The van der Waals surface area contributed by atoms with Crippen LogP contribution >= 0.6 is 0 Å². The minimum Gasteiger partial charge on any atom is -0.389 e. The number of hydrogen-bond acceptors (Lipinski definition) is 5. The number of aromatic nitrogens is 2. The number of nitrogens with zero attached hydrogens (tertiary/aromatic N) is 3. The van der Waals surface area contributed by atoms with Crippen LogP contribution in [0.2, 0.25) is 0 Å². The number of piperidine rings is 1. The lowest BCUT2D eigenvalue weighted by molar-refractivity contribution is 0.0556. The van der Waals surface area contributed by atoms with E-state index in [1.165, 1.54) is 6.07 Å². The van der Waals surface area contributed by atoms with E-state index in [1.54, 1.807) is 13.8 Å². The molecule has 3 heterocycles. The van der Waals surface area contributed by atoms with Gasteiger partial charge in [0.1, 0.15) is 11.6 Å². The predicted octanol–water partition coefficient (Wildman–Crippen LogP) is 1.68. The van der Waals surface area contributed by atoms with Crippen molar-refractivity contribution in [1.29, 1.82) is 0 Å². The summed E-state index contributed by atoms with van der Waals surface area (Å²) in [4.78, 5) is 2.33. The molecule has 0 spiro atoms. The first kappa shape index (κ1) is 19.4. The third kappa shape index (κ3) is 3.82. The maximum Gasteiger partial charge on any atom is 0.128 e. The normalized spacial score (nSPS) is 25.9. The van der Waals surface area contributed by atoms with Crippen molar-refractivity contribution in [3.05, 3.63) is 52.9 Å². The van der Waals surface area contributed by atoms with Gasteiger partial charge in [-0.15, -0.1) is 0 Å². The van der Waals surface area contributed by atoms with Crippen molar-refractivity contribution in [2.45, 2.75) is 63.6 Å². The van der Waals surface area contributed by atoms with Crippen LogP contribution in [0.3, 0.4) is 0 Å². The first-order valence-electron chi connectivity index (χ1n) is 9.65. The Bertz CT molecular complexity index is 863. The van der Waals surface area contributed by atoms with Crippen molar-refractivity contribution >= 4 is 0 Å². The van der Waals surface area contributed by atoms with E-state index in [-0.39, 0.29) is 17.6 Å². The summed E-state index contributed by atoms with van der Waals surface area (Å²) < 4.78 is 29.6. The number of nitrogens with two attached hydrogens (primary N) is 1. The molecule has 4 rings (SSSR count). The first-order valence-corrected chi connectivity index (χ1v) is 9.65. The summed E-state index contributed by atoms with van der Waals surface area (Å²) in [5.74, 6) is -0.896. The molecule has 1 aromatic carbocycles. The van der Waals surface area contributed by atoms with Gasteiger partial charge in [-0.05, 0) is 38.5 Å². The molecule has 2 aromatic rings. The van der Waals surface area contributed by atoms with Crippen LogP contribution in [0.4, 0.5) is 8.78 Å². The second-order valence-corrected chi connectivity index (χ2v) is 8.60. The Morgan fingerprint density at radius 2 is 2.11 bits per heavy atom. The summed E-state index contributed by atoms with van der Waals surface area (Å²) >= 11 is 0. The molecule has 2 aliphatic heterocycles. The van der Waals surface area contributed by atoms with Crippen molar-refractivity contribution in [2.24, 2.45) is 5.73 Å². The molecular formula is C20H27F2N5O. The molecule has 0 bridgehead atoms. The third-order valence-corrected chi connectivity index (χ3v) is 5.65. The van der Waals surface area contributed by atoms with Crippen molar-refractivity contribution in [3.63, 3.8) is 0 Å². The number of aliphatic hydroxyl groups is 1. The molecule has 0 aliphatic carbocycles. The van der Waals surface area contributed by atoms with Gasteiger partial charge in [0.05, 0.1) is 30.1 Å². The molecule has 4 N–H and O–H groups in total. The van der Waals surface area contributed by atoms with Gasteiger partial charge in [-0.2, -0.15) is 5.10 Å². The maximum atomic E-state index is 14.1. The molecule has 0 amide bonds. The van der Waals surface area contributed by atoms with Gasteiger partial charge < -0.3 is 16.2 Å². The molecule has 3 atom stereocenters. The fourth-order valence-electron chi connectivity index (χ4n) is 4.31. The van der Waals surface area contributed by atoms with Gasteiger partial charge in [-0.1, -0.05) is 0 Å². The molecule has 0 saturated carbocycles. The van der Waals surface area contributed by atoms with Crippen LogP contribution in [0.5, 0.6) is 0 Å². The van der Waals surface area contributed by atoms with Crippen LogP contribution in [-0.4, -0.2) is 44.0 Å². The Morgan fingerprint density at radius 1 is 1.32 bits per heavy atom. The van der Waals surface area contributed by atoms with E-state index < -0.39 is 23.3 Å². The van der Waals surface area contributed by atoms with Gasteiger partial charge >= 0.3 is 0 Å². The number of benzene rings is 1. The van der Waals surface area contributed by atoms with Gasteiger partial charge in [-0.25, -0.2) is 8.78 Å². The van der Waals surface area contributed by atoms with Gasteiger partial charge in [0.25, 0.3) is 0 Å². The Morgan fingerprint density at radius 3 is 2.82 bits per heavy atom. The van der Waals surface area contributed by atoms with E-state index in [0.717, 1.165) is 36.5 Å². The Labute approximate surface area is 163 Å². The number of rotatable bonds is 4. The average Bonchev–Trinajstić information content (AvgIpc) is 3.18. The van der Waals surface area contributed by atoms with E-state index in [9.17, 15) is 13.9 Å². The second-order valence-electron chi connectivity index (χ2n) is 8.60. The average molecular weight is 391 g/mol. The molecule has 1 aromatic heterocycles. The highest BCUT2D eigenvalue weighted by molar-refractivity contribution is 5.26. The largest absolute Gasteiger partial charge is 0.389 e. The van der Waals surface area contributed by atoms with Crippen LogP contribution in [0.25, 0.3) is 0 Å². The van der Waals surface area contributed by atoms with Crippen LogP contribution in [0.15, 0.2) is 24.4 Å². The van der Waals surface area contributed by atoms with Crippen LogP contribution < -0.4 is 11.1 Å². The highest BCUT2D eigenvalue weighted by atomic mass is 19.1. The molecule has 28 heavy (non-hydrogen) atoms. The zero-order valence-corrected chi connectivity index (χ0v) is 16.2. The Balaban J connectivity index is 1.43. The molecule has 2 aliphatic rings. The van der Waals surface area contributed by atoms with E-state index in [4.69, 9.17) is 5.73 Å². The lowest BCUT2D eigenvalue weighted by Gasteiger charge is -2.39. The van der Waals surface area contributed by atoms with Crippen molar-refractivity contribution in [3.8, 4) is 0 Å². The summed E-state index contributed by atoms with van der Waals surface area (Å²) in [6.45, 7) is 6.15. The number of halogens is 2. The molecule has 0 radical (unpaired) electrons. The molecule has 1 unspecified atom stereocenters. The maximum absolute atomic E-state index is 14.1. The van der Waals surface area contributed by atoms with Gasteiger partial charge in [0.2, 0.25) is 0 Å². The standard InChI is InChI=1S/C20H27F2N5O/c1-20(2,28)11-27-18-10-26(9-12(18)7-25-27)14-6-17(23)19(24-8-14)15-5-13(21)3-4-16(15)22/h3-5,7,14,17,19,24,28H,6,8-11,23H2,1-2H3/t14-,17+,19?/m1/s1. The SMILES string of the molecule is CC(C)(O)Cn1ncc2c1CN([C@H]1CNC(c3cc(F)ccc3F)[C@@H](N)C1)C2. The zero-order valence-electron chi connectivity index (χ0n) is 16.2. The van der Waals surface area contributed by atoms with Crippen LogP contribution in [0.1, 0.15) is 43.1 Å². The van der Waals surface area contributed by atoms with Gasteiger partial charge in [0.15, 0.2) is 0 Å². The summed E-state index contributed by atoms with van der Waals surface area (Å²) in [6.07, 6.45) is 2.55. The summed E-state index contributed by atoms with van der Waals surface area (Å²) in [5, 5.41) is 17.8. The van der Waals surface area contributed by atoms with Gasteiger partial charge in [-0.3, -0.25) is 9.58 Å². The smallest absolute Gasteiger partial charge is 0.128 e. The molecule has 6 nitrogen and oxygen atoms in total. The number of nitrogens with one attached hydrogen (secondary N) is 1. The molecule has 152 valence electrons. The minimum absolute atomic E-state index is 0.200. The molecule has 1 saturated heterocycles. The Kier molecular flexibility index (Phi) is 4.99. The van der Waals surface area contributed by atoms with E-state index >= 15 is 0 Å². The third-order valence-electron chi connectivity index (χ3n) is 5.65. The summed E-state index contributed by atoms with van der Waals surface area (Å²) in [6, 6.07) is 2.98. The van der Waals surface area contributed by atoms with Crippen molar-refractivity contribution < 1.29 is 13.9 Å². The van der Waals surface area contributed by atoms with E-state index in [0.29, 0.717) is 19.5 Å². The molecule has 1 fully saturated rings. The summed E-state index contributed by atoms with van der Waals surface area (Å²) in [7, 11) is 0. The summed E-state index contributed by atoms with van der Waals surface area (Å²) in [5.41, 5.74) is 8.09. The van der Waals surface area contributed by atoms with Crippen LogP contribution in [-0.2, 0) is 19.6 Å². The lowest BCUT2D eigenvalue weighted by Crippen LogP contribution is -2.54. The van der Waals surface area contributed by atoms with E-state index in [1.807, 2.05) is 10.9 Å². The predicted molar refractivity (Wildman–Crippen MR) is 101 cm³/mol. The Hall–Kier alpha value is -1.87. The highest BCUT2D eigenvalue weighted by Gasteiger charge is 2.36. The van der Waals surface area contributed by atoms with Gasteiger partial charge in [0, 0.05) is 42.8 Å². The number of fused-ring (bicyclic) bond motifs is 1. The monoisotopic (exact) mass is 391 g/mol. The van der Waals surface area contributed by atoms with Crippen molar-refractivity contribution in [2.75, 3.05) is 6.54 Å². The lowest BCUT2D eigenvalue weighted by atomic mass is 9.89. The number of hydrogen-bond donors (Lipinski definition) is 3. The topological polar surface area (TPSA) is 79.3 Å². The first-order chi connectivity index (χ1) is 13.2. The highest BCUT2D eigenvalue weighted by Crippen LogP contribution is 2.31.